The molecule has 0 atom stereocenters. The van der Waals surface area contributed by atoms with Gasteiger partial charge in [0.25, 0.3) is 11.8 Å². The quantitative estimate of drug-likeness (QED) is 0.594. The van der Waals surface area contributed by atoms with E-state index in [9.17, 15) is 14.4 Å². The predicted molar refractivity (Wildman–Crippen MR) is 103 cm³/mol. The van der Waals surface area contributed by atoms with Gasteiger partial charge < -0.3 is 9.47 Å². The number of hydrogen-bond acceptors (Lipinski definition) is 5. The number of imide groups is 2. The number of barbiturate groups is 1. The van der Waals surface area contributed by atoms with Crippen molar-refractivity contribution in [3.05, 3.63) is 58.1 Å². The van der Waals surface area contributed by atoms with Gasteiger partial charge in [0.2, 0.25) is 0 Å². The number of urea groups is 1. The van der Waals surface area contributed by atoms with Gasteiger partial charge in [0.05, 0.1) is 19.9 Å². The van der Waals surface area contributed by atoms with Crippen molar-refractivity contribution in [2.24, 2.45) is 0 Å². The van der Waals surface area contributed by atoms with Crippen molar-refractivity contribution in [2.75, 3.05) is 19.1 Å². The minimum absolute atomic E-state index is 0.193. The van der Waals surface area contributed by atoms with Crippen LogP contribution >= 0.6 is 15.9 Å². The number of benzene rings is 2. The molecule has 2 aromatic carbocycles. The molecule has 7 nitrogen and oxygen atoms in total. The van der Waals surface area contributed by atoms with E-state index in [1.807, 2.05) is 0 Å². The Kier molecular flexibility index (Phi) is 5.27. The zero-order valence-corrected chi connectivity index (χ0v) is 16.1. The minimum Gasteiger partial charge on any atom is -0.497 e. The summed E-state index contributed by atoms with van der Waals surface area (Å²) in [6.07, 6.45) is 1.37. The van der Waals surface area contributed by atoms with Crippen molar-refractivity contribution in [1.82, 2.24) is 5.32 Å². The smallest absolute Gasteiger partial charge is 0.335 e. The first kappa shape index (κ1) is 18.7. The summed E-state index contributed by atoms with van der Waals surface area (Å²) >= 11 is 3.30. The van der Waals surface area contributed by atoms with Crippen molar-refractivity contribution < 1.29 is 23.9 Å². The van der Waals surface area contributed by atoms with Gasteiger partial charge in [0.1, 0.15) is 17.1 Å². The summed E-state index contributed by atoms with van der Waals surface area (Å²) in [6.45, 7) is 0. The van der Waals surface area contributed by atoms with Crippen molar-refractivity contribution in [3.8, 4) is 11.5 Å². The molecule has 0 bridgehead atoms. The average Bonchev–Trinajstić information content (AvgIpc) is 2.64. The van der Waals surface area contributed by atoms with E-state index in [1.165, 1.54) is 20.3 Å². The van der Waals surface area contributed by atoms with Crippen LogP contribution in [0.25, 0.3) is 6.08 Å². The van der Waals surface area contributed by atoms with Gasteiger partial charge in [-0.15, -0.1) is 0 Å². The molecule has 0 unspecified atom stereocenters. The second kappa shape index (κ2) is 7.63. The average molecular weight is 431 g/mol. The van der Waals surface area contributed by atoms with Crippen LogP contribution in [0.15, 0.2) is 52.5 Å². The van der Waals surface area contributed by atoms with Crippen molar-refractivity contribution >= 4 is 45.5 Å². The van der Waals surface area contributed by atoms with Gasteiger partial charge in [0.15, 0.2) is 0 Å². The molecular formula is C19H15BrN2O5. The van der Waals surface area contributed by atoms with Crippen LogP contribution < -0.4 is 19.7 Å². The summed E-state index contributed by atoms with van der Waals surface area (Å²) < 4.78 is 11.1. The Balaban J connectivity index is 2.07. The monoisotopic (exact) mass is 430 g/mol. The maximum absolute atomic E-state index is 12.9. The molecule has 1 saturated heterocycles. The fourth-order valence-corrected chi connectivity index (χ4v) is 3.00. The van der Waals surface area contributed by atoms with Gasteiger partial charge in [-0.3, -0.25) is 14.9 Å². The highest BCUT2D eigenvalue weighted by Crippen LogP contribution is 2.29. The molecule has 4 amide bonds. The van der Waals surface area contributed by atoms with Crippen molar-refractivity contribution in [2.45, 2.75) is 0 Å². The van der Waals surface area contributed by atoms with Crippen LogP contribution in [0, 0.1) is 0 Å². The van der Waals surface area contributed by atoms with Gasteiger partial charge in [-0.25, -0.2) is 9.69 Å². The zero-order valence-electron chi connectivity index (χ0n) is 14.5. The first-order valence-electron chi connectivity index (χ1n) is 7.83. The number of hydrogen-bond donors (Lipinski definition) is 1. The number of rotatable bonds is 4. The molecule has 138 valence electrons. The Bertz CT molecular complexity index is 970. The molecular weight excluding hydrogens is 416 g/mol. The van der Waals surface area contributed by atoms with Crippen molar-refractivity contribution in [3.63, 3.8) is 0 Å². The molecule has 3 rings (SSSR count). The largest absolute Gasteiger partial charge is 0.497 e. The lowest BCUT2D eigenvalue weighted by Gasteiger charge is -2.26. The third kappa shape index (κ3) is 3.70. The predicted octanol–water partition coefficient (Wildman–Crippen LogP) is 3.13. The molecule has 8 heteroatoms. The maximum atomic E-state index is 12.9. The summed E-state index contributed by atoms with van der Waals surface area (Å²) in [4.78, 5) is 38.3. The van der Waals surface area contributed by atoms with Crippen LogP contribution in [0.2, 0.25) is 0 Å². The number of amides is 4. The lowest BCUT2D eigenvalue weighted by atomic mass is 10.1. The van der Waals surface area contributed by atoms with E-state index in [4.69, 9.17) is 9.47 Å². The summed E-state index contributed by atoms with van der Waals surface area (Å²) in [7, 11) is 2.98. The second-order valence-corrected chi connectivity index (χ2v) is 6.46. The fourth-order valence-electron chi connectivity index (χ4n) is 2.61. The Morgan fingerprint density at radius 3 is 2.48 bits per heavy atom. The molecule has 0 aliphatic carbocycles. The van der Waals surface area contributed by atoms with Crippen LogP contribution in [0.4, 0.5) is 10.5 Å². The number of anilines is 1. The lowest BCUT2D eigenvalue weighted by Crippen LogP contribution is -2.54. The van der Waals surface area contributed by atoms with Crippen molar-refractivity contribution in [1.29, 1.82) is 0 Å². The third-order valence-electron chi connectivity index (χ3n) is 3.90. The minimum atomic E-state index is -0.808. The van der Waals surface area contributed by atoms with E-state index in [-0.39, 0.29) is 5.57 Å². The van der Waals surface area contributed by atoms with Crippen LogP contribution in [-0.2, 0) is 9.59 Å². The SMILES string of the molecule is COc1ccc(OC)c(C=C2C(=O)NC(=O)N(c3cccc(Br)c3)C2=O)c1. The number of carbonyl (C=O) groups is 3. The number of halogens is 1. The highest BCUT2D eigenvalue weighted by molar-refractivity contribution is 9.10. The molecule has 2 aromatic rings. The highest BCUT2D eigenvalue weighted by atomic mass is 79.9. The highest BCUT2D eigenvalue weighted by Gasteiger charge is 2.37. The van der Waals surface area contributed by atoms with E-state index >= 15 is 0 Å². The van der Waals surface area contributed by atoms with Gasteiger partial charge in [-0.2, -0.15) is 0 Å². The normalized spacial score (nSPS) is 15.7. The summed E-state index contributed by atoms with van der Waals surface area (Å²) in [5, 5.41) is 2.19. The molecule has 0 radical (unpaired) electrons. The van der Waals surface area contributed by atoms with Crippen LogP contribution in [0.5, 0.6) is 11.5 Å². The Morgan fingerprint density at radius 2 is 1.81 bits per heavy atom. The first-order valence-corrected chi connectivity index (χ1v) is 8.63. The van der Waals surface area contributed by atoms with Crippen LogP contribution in [0.3, 0.4) is 0 Å². The lowest BCUT2D eigenvalue weighted by molar-refractivity contribution is -0.122. The van der Waals surface area contributed by atoms with E-state index in [2.05, 4.69) is 21.2 Å². The third-order valence-corrected chi connectivity index (χ3v) is 4.40. The Labute approximate surface area is 163 Å². The molecule has 1 aliphatic heterocycles. The van der Waals surface area contributed by atoms with Gasteiger partial charge in [0, 0.05) is 10.0 Å². The number of ether oxygens (including phenoxy) is 2. The summed E-state index contributed by atoms with van der Waals surface area (Å²) in [5.74, 6) is -0.520. The van der Waals surface area contributed by atoms with Gasteiger partial charge in [-0.1, -0.05) is 22.0 Å². The number of nitrogens with one attached hydrogen (secondary N) is 1. The maximum Gasteiger partial charge on any atom is 0.335 e. The van der Waals surface area contributed by atoms with E-state index in [0.717, 1.165) is 4.90 Å². The molecule has 1 N–H and O–H groups in total. The molecule has 0 saturated carbocycles. The standard InChI is InChI=1S/C19H15BrN2O5/c1-26-14-6-7-16(27-2)11(8-14)9-15-17(23)21-19(25)22(18(15)24)13-5-3-4-12(20)10-13/h3-10H,1-2H3,(H,21,23,25). The Hall–Kier alpha value is -3.13. The Morgan fingerprint density at radius 1 is 1.04 bits per heavy atom. The number of carbonyl (C=O) groups excluding carboxylic acids is 3. The van der Waals surface area contributed by atoms with Crippen LogP contribution in [0.1, 0.15) is 5.56 Å². The molecule has 0 aromatic heterocycles. The number of nitrogens with zero attached hydrogens (tertiary/aromatic N) is 1. The summed E-state index contributed by atoms with van der Waals surface area (Å²) in [6, 6.07) is 10.8. The second-order valence-electron chi connectivity index (χ2n) is 5.55. The molecule has 1 fully saturated rings. The first-order chi connectivity index (χ1) is 12.9. The van der Waals surface area contributed by atoms with Crippen LogP contribution in [-0.4, -0.2) is 32.1 Å². The van der Waals surface area contributed by atoms with Gasteiger partial charge in [-0.05, 0) is 42.5 Å². The fraction of sp³-hybridized carbons (Fsp3) is 0.105. The molecule has 1 heterocycles. The zero-order chi connectivity index (χ0) is 19.6. The number of methoxy groups -OCH3 is 2. The van der Waals surface area contributed by atoms with E-state index in [0.29, 0.717) is 27.2 Å². The summed E-state index contributed by atoms with van der Waals surface area (Å²) in [5.41, 5.74) is 0.614. The topological polar surface area (TPSA) is 84.9 Å². The molecule has 27 heavy (non-hydrogen) atoms. The van der Waals surface area contributed by atoms with Gasteiger partial charge >= 0.3 is 6.03 Å². The molecule has 0 spiro atoms. The van der Waals surface area contributed by atoms with E-state index < -0.39 is 17.8 Å². The molecule has 1 aliphatic rings. The van der Waals surface area contributed by atoms with E-state index in [1.54, 1.807) is 42.5 Å².